The monoisotopic (exact) mass is 195 g/mol. The fraction of sp³-hybridized carbons (Fsp3) is 0.400. The van der Waals surface area contributed by atoms with E-state index < -0.39 is 0 Å². The third kappa shape index (κ3) is 2.22. The second-order valence-electron chi connectivity index (χ2n) is 2.73. The maximum absolute atomic E-state index is 11.3. The van der Waals surface area contributed by atoms with Crippen LogP contribution < -0.4 is 4.74 Å². The van der Waals surface area contributed by atoms with E-state index in [1.807, 2.05) is 6.92 Å². The minimum atomic E-state index is -0.377. The Labute approximate surface area is 82.9 Å². The van der Waals surface area contributed by atoms with Crippen molar-refractivity contribution in [2.45, 2.75) is 13.8 Å². The zero-order chi connectivity index (χ0) is 10.6. The molecule has 0 aliphatic heterocycles. The van der Waals surface area contributed by atoms with E-state index in [9.17, 15) is 4.79 Å². The lowest BCUT2D eigenvalue weighted by molar-refractivity contribution is 0.0525. The number of nitrogens with zero attached hydrogens (tertiary/aromatic N) is 1. The predicted molar refractivity (Wildman–Crippen MR) is 51.5 cm³/mol. The second kappa shape index (κ2) is 4.60. The van der Waals surface area contributed by atoms with Crippen LogP contribution in [0.5, 0.6) is 5.75 Å². The molecule has 0 amide bonds. The summed E-state index contributed by atoms with van der Waals surface area (Å²) in [5.74, 6) is 0.217. The molecule has 1 rings (SSSR count). The lowest BCUT2D eigenvalue weighted by atomic mass is 10.2. The Morgan fingerprint density at radius 3 is 2.86 bits per heavy atom. The molecule has 0 unspecified atom stereocenters. The molecule has 0 radical (unpaired) electrons. The number of aromatic nitrogens is 1. The minimum Gasteiger partial charge on any atom is -0.495 e. The fourth-order valence-electron chi connectivity index (χ4n) is 1.05. The predicted octanol–water partition coefficient (Wildman–Crippen LogP) is 1.58. The van der Waals surface area contributed by atoms with Gasteiger partial charge in [-0.2, -0.15) is 0 Å². The first-order chi connectivity index (χ1) is 6.69. The van der Waals surface area contributed by atoms with Crippen molar-refractivity contribution < 1.29 is 14.3 Å². The Morgan fingerprint density at radius 2 is 2.29 bits per heavy atom. The molecule has 4 heteroatoms. The van der Waals surface area contributed by atoms with Crippen LogP contribution in [-0.2, 0) is 4.74 Å². The molecule has 0 aliphatic carbocycles. The molecule has 0 saturated carbocycles. The van der Waals surface area contributed by atoms with Gasteiger partial charge < -0.3 is 9.47 Å². The Morgan fingerprint density at radius 1 is 1.57 bits per heavy atom. The van der Waals surface area contributed by atoms with Crippen LogP contribution in [0, 0.1) is 6.92 Å². The van der Waals surface area contributed by atoms with E-state index in [4.69, 9.17) is 9.47 Å². The fourth-order valence-corrected chi connectivity index (χ4v) is 1.05. The number of rotatable bonds is 3. The molecule has 0 spiro atoms. The molecule has 4 nitrogen and oxygen atoms in total. The Bertz CT molecular complexity index is 336. The van der Waals surface area contributed by atoms with Gasteiger partial charge in [-0.3, -0.25) is 4.98 Å². The van der Waals surface area contributed by atoms with Crippen LogP contribution in [0.2, 0.25) is 0 Å². The summed E-state index contributed by atoms with van der Waals surface area (Å²) in [4.78, 5) is 15.3. The Balaban J connectivity index is 2.94. The van der Waals surface area contributed by atoms with Crippen molar-refractivity contribution in [1.29, 1.82) is 0 Å². The highest BCUT2D eigenvalue weighted by Gasteiger charge is 2.09. The second-order valence-corrected chi connectivity index (χ2v) is 2.73. The van der Waals surface area contributed by atoms with Crippen molar-refractivity contribution in [1.82, 2.24) is 4.98 Å². The van der Waals surface area contributed by atoms with Gasteiger partial charge in [0.25, 0.3) is 0 Å². The number of carbonyl (C=O) groups excluding carboxylic acids is 1. The zero-order valence-electron chi connectivity index (χ0n) is 8.53. The molecule has 0 atom stereocenters. The topological polar surface area (TPSA) is 48.4 Å². The van der Waals surface area contributed by atoms with Crippen LogP contribution >= 0.6 is 0 Å². The van der Waals surface area contributed by atoms with Crippen LogP contribution in [0.4, 0.5) is 0 Å². The number of pyridine rings is 1. The first kappa shape index (κ1) is 10.5. The number of carbonyl (C=O) groups is 1. The largest absolute Gasteiger partial charge is 0.495 e. The van der Waals surface area contributed by atoms with E-state index >= 15 is 0 Å². The summed E-state index contributed by atoms with van der Waals surface area (Å²) in [6.45, 7) is 3.93. The molecular weight excluding hydrogens is 182 g/mol. The number of methoxy groups -OCH3 is 1. The molecule has 0 saturated heterocycles. The number of aryl methyl sites for hydroxylation is 1. The summed E-state index contributed by atoms with van der Waals surface area (Å²) in [5, 5.41) is 0. The molecule has 0 N–H and O–H groups in total. The molecule has 0 aliphatic rings. The van der Waals surface area contributed by atoms with Crippen LogP contribution in [-0.4, -0.2) is 24.7 Å². The maximum atomic E-state index is 11.3. The highest BCUT2D eigenvalue weighted by Crippen LogP contribution is 2.16. The number of esters is 1. The molecular formula is C10H13NO3. The third-order valence-corrected chi connectivity index (χ3v) is 1.77. The van der Waals surface area contributed by atoms with E-state index in [0.29, 0.717) is 17.9 Å². The average Bonchev–Trinajstić information content (AvgIpc) is 2.19. The van der Waals surface area contributed by atoms with E-state index in [-0.39, 0.29) is 5.97 Å². The standard InChI is InChI=1S/C10H13NO3/c1-4-14-10(12)8-5-9(13-3)7(2)11-6-8/h5-6H,4H2,1-3H3. The van der Waals surface area contributed by atoms with E-state index in [1.54, 1.807) is 20.1 Å². The van der Waals surface area contributed by atoms with Crippen LogP contribution in [0.25, 0.3) is 0 Å². The van der Waals surface area contributed by atoms with Gasteiger partial charge in [-0.1, -0.05) is 0 Å². The smallest absolute Gasteiger partial charge is 0.339 e. The molecule has 0 fully saturated rings. The first-order valence-corrected chi connectivity index (χ1v) is 4.36. The summed E-state index contributed by atoms with van der Waals surface area (Å²) in [5.41, 5.74) is 1.16. The summed E-state index contributed by atoms with van der Waals surface area (Å²) in [6.07, 6.45) is 1.48. The maximum Gasteiger partial charge on any atom is 0.339 e. The van der Waals surface area contributed by atoms with Gasteiger partial charge >= 0.3 is 5.97 Å². The molecule has 14 heavy (non-hydrogen) atoms. The van der Waals surface area contributed by atoms with Gasteiger partial charge in [0.15, 0.2) is 0 Å². The molecule has 1 heterocycles. The number of ether oxygens (including phenoxy) is 2. The third-order valence-electron chi connectivity index (χ3n) is 1.77. The van der Waals surface area contributed by atoms with Crippen molar-refractivity contribution in [3.8, 4) is 5.75 Å². The summed E-state index contributed by atoms with van der Waals surface area (Å²) >= 11 is 0. The average molecular weight is 195 g/mol. The Hall–Kier alpha value is -1.58. The van der Waals surface area contributed by atoms with Crippen molar-refractivity contribution in [2.24, 2.45) is 0 Å². The summed E-state index contributed by atoms with van der Waals surface area (Å²) < 4.78 is 9.88. The van der Waals surface area contributed by atoms with Gasteiger partial charge in [0.1, 0.15) is 5.75 Å². The first-order valence-electron chi connectivity index (χ1n) is 4.36. The van der Waals surface area contributed by atoms with Gasteiger partial charge in [-0.05, 0) is 19.9 Å². The van der Waals surface area contributed by atoms with Gasteiger partial charge in [-0.15, -0.1) is 0 Å². The summed E-state index contributed by atoms with van der Waals surface area (Å²) in [6, 6.07) is 1.63. The summed E-state index contributed by atoms with van der Waals surface area (Å²) in [7, 11) is 1.54. The highest BCUT2D eigenvalue weighted by atomic mass is 16.5. The SMILES string of the molecule is CCOC(=O)c1cnc(C)c(OC)c1. The molecule has 1 aromatic heterocycles. The van der Waals surface area contributed by atoms with Crippen molar-refractivity contribution in [3.05, 3.63) is 23.5 Å². The number of hydrogen-bond donors (Lipinski definition) is 0. The zero-order valence-corrected chi connectivity index (χ0v) is 8.53. The lowest BCUT2D eigenvalue weighted by Gasteiger charge is -2.05. The van der Waals surface area contributed by atoms with Crippen molar-refractivity contribution in [3.63, 3.8) is 0 Å². The Kier molecular flexibility index (Phi) is 3.45. The molecule has 76 valence electrons. The van der Waals surface area contributed by atoms with Gasteiger partial charge in [0, 0.05) is 6.20 Å². The molecule has 1 aromatic rings. The van der Waals surface area contributed by atoms with Gasteiger partial charge in [0.05, 0.1) is 25.0 Å². The quantitative estimate of drug-likeness (QED) is 0.687. The van der Waals surface area contributed by atoms with E-state index in [1.165, 1.54) is 6.20 Å². The normalized spacial score (nSPS) is 9.64. The van der Waals surface area contributed by atoms with Crippen LogP contribution in [0.3, 0.4) is 0 Å². The molecule has 0 aromatic carbocycles. The number of hydrogen-bond acceptors (Lipinski definition) is 4. The van der Waals surface area contributed by atoms with Gasteiger partial charge in [-0.25, -0.2) is 4.79 Å². The van der Waals surface area contributed by atoms with Gasteiger partial charge in [0.2, 0.25) is 0 Å². The van der Waals surface area contributed by atoms with E-state index in [2.05, 4.69) is 4.98 Å². The lowest BCUT2D eigenvalue weighted by Crippen LogP contribution is -2.06. The van der Waals surface area contributed by atoms with Crippen LogP contribution in [0.1, 0.15) is 23.0 Å². The highest BCUT2D eigenvalue weighted by molar-refractivity contribution is 5.89. The van der Waals surface area contributed by atoms with Crippen molar-refractivity contribution >= 4 is 5.97 Å². The van der Waals surface area contributed by atoms with Crippen LogP contribution in [0.15, 0.2) is 12.3 Å². The van der Waals surface area contributed by atoms with Crippen molar-refractivity contribution in [2.75, 3.05) is 13.7 Å². The molecule has 0 bridgehead atoms. The van der Waals surface area contributed by atoms with E-state index in [0.717, 1.165) is 5.69 Å². The minimum absolute atomic E-state index is 0.356.